The molecule has 2 heterocycles. The molecule has 0 aliphatic heterocycles. The molecule has 0 spiro atoms. The Bertz CT molecular complexity index is 730. The van der Waals surface area contributed by atoms with Crippen LogP contribution in [0.1, 0.15) is 18.4 Å². The fraction of sp³-hybridized carbons (Fsp3) is 0.235. The van der Waals surface area contributed by atoms with Gasteiger partial charge in [0, 0.05) is 24.4 Å². The molecule has 6 nitrogen and oxygen atoms in total. The van der Waals surface area contributed by atoms with Gasteiger partial charge in [0.2, 0.25) is 0 Å². The van der Waals surface area contributed by atoms with Crippen molar-refractivity contribution in [3.05, 3.63) is 67.0 Å². The summed E-state index contributed by atoms with van der Waals surface area (Å²) in [6.45, 7) is 2.10. The van der Waals surface area contributed by atoms with Gasteiger partial charge in [-0.3, -0.25) is 4.57 Å². The lowest BCUT2D eigenvalue weighted by atomic mass is 9.94. The van der Waals surface area contributed by atoms with E-state index in [0.717, 1.165) is 5.82 Å². The number of aliphatic hydroxyl groups excluding tert-OH is 1. The molecule has 1 aromatic carbocycles. The van der Waals surface area contributed by atoms with Crippen LogP contribution in [0.25, 0.3) is 5.82 Å². The summed E-state index contributed by atoms with van der Waals surface area (Å²) < 4.78 is 1.81. The zero-order chi connectivity index (χ0) is 16.1. The second-order valence-electron chi connectivity index (χ2n) is 5.36. The molecule has 2 aromatic heterocycles. The molecule has 0 unspecified atom stereocenters. The lowest BCUT2D eigenvalue weighted by molar-refractivity contribution is 0.261. The Morgan fingerprint density at radius 3 is 2.74 bits per heavy atom. The topological polar surface area (TPSA) is 75.9 Å². The van der Waals surface area contributed by atoms with Crippen molar-refractivity contribution in [1.29, 1.82) is 0 Å². The highest BCUT2D eigenvalue weighted by atomic mass is 16.3. The highest BCUT2D eigenvalue weighted by molar-refractivity contribution is 5.42. The Morgan fingerprint density at radius 1 is 1.22 bits per heavy atom. The Labute approximate surface area is 134 Å². The van der Waals surface area contributed by atoms with Crippen molar-refractivity contribution >= 4 is 5.82 Å². The number of hydrogen-bond acceptors (Lipinski definition) is 5. The van der Waals surface area contributed by atoms with E-state index >= 15 is 0 Å². The zero-order valence-corrected chi connectivity index (χ0v) is 12.9. The number of nitrogens with zero attached hydrogens (tertiary/aromatic N) is 4. The molecule has 0 radical (unpaired) electrons. The fourth-order valence-corrected chi connectivity index (χ4v) is 2.47. The van der Waals surface area contributed by atoms with Crippen molar-refractivity contribution in [2.45, 2.75) is 18.9 Å². The fourth-order valence-electron chi connectivity index (χ4n) is 2.47. The largest absolute Gasteiger partial charge is 0.394 e. The van der Waals surface area contributed by atoms with E-state index in [4.69, 9.17) is 0 Å². The Hall–Kier alpha value is -2.73. The maximum Gasteiger partial charge on any atom is 0.143 e. The summed E-state index contributed by atoms with van der Waals surface area (Å²) in [4.78, 5) is 12.5. The van der Waals surface area contributed by atoms with E-state index in [-0.39, 0.29) is 18.6 Å². The molecule has 0 amide bonds. The molecule has 0 aliphatic rings. The van der Waals surface area contributed by atoms with Gasteiger partial charge < -0.3 is 10.4 Å². The third kappa shape index (κ3) is 3.54. The van der Waals surface area contributed by atoms with E-state index in [1.807, 2.05) is 30.5 Å². The molecule has 118 valence electrons. The molecule has 0 aliphatic carbocycles. The highest BCUT2D eigenvalue weighted by Gasteiger charge is 2.18. The molecule has 0 saturated heterocycles. The van der Waals surface area contributed by atoms with Crippen molar-refractivity contribution in [3.63, 3.8) is 0 Å². The van der Waals surface area contributed by atoms with Crippen LogP contribution >= 0.6 is 0 Å². The van der Waals surface area contributed by atoms with E-state index in [9.17, 15) is 5.11 Å². The molecule has 0 fully saturated rings. The summed E-state index contributed by atoms with van der Waals surface area (Å²) in [5.41, 5.74) is 1.17. The van der Waals surface area contributed by atoms with Crippen LogP contribution in [0.2, 0.25) is 0 Å². The Balaban J connectivity index is 1.78. The minimum absolute atomic E-state index is 0.0144. The predicted molar refractivity (Wildman–Crippen MR) is 88.5 cm³/mol. The summed E-state index contributed by atoms with van der Waals surface area (Å²) in [6, 6.07) is 11.8. The normalized spacial score (nSPS) is 13.5. The molecular formula is C17H19N5O. The summed E-state index contributed by atoms with van der Waals surface area (Å²) in [7, 11) is 0. The number of anilines is 1. The van der Waals surface area contributed by atoms with Gasteiger partial charge >= 0.3 is 0 Å². The van der Waals surface area contributed by atoms with E-state index < -0.39 is 0 Å². The maximum absolute atomic E-state index is 9.75. The molecule has 6 heteroatoms. The van der Waals surface area contributed by atoms with Crippen molar-refractivity contribution < 1.29 is 5.11 Å². The molecule has 0 saturated carbocycles. The van der Waals surface area contributed by atoms with Gasteiger partial charge in [0.05, 0.1) is 12.6 Å². The predicted octanol–water partition coefficient (Wildman–Crippen LogP) is 2.24. The van der Waals surface area contributed by atoms with Gasteiger partial charge in [-0.25, -0.2) is 15.0 Å². The lowest BCUT2D eigenvalue weighted by Gasteiger charge is -2.24. The van der Waals surface area contributed by atoms with Crippen LogP contribution in [-0.4, -0.2) is 37.3 Å². The van der Waals surface area contributed by atoms with Gasteiger partial charge in [-0.2, -0.15) is 0 Å². The van der Waals surface area contributed by atoms with Crippen molar-refractivity contribution in [2.24, 2.45) is 0 Å². The monoisotopic (exact) mass is 309 g/mol. The first-order valence-electron chi connectivity index (χ1n) is 7.50. The summed E-state index contributed by atoms with van der Waals surface area (Å²) in [5, 5.41) is 13.0. The zero-order valence-electron chi connectivity index (χ0n) is 12.9. The van der Waals surface area contributed by atoms with Gasteiger partial charge in [0.25, 0.3) is 0 Å². The maximum atomic E-state index is 9.75. The molecule has 2 N–H and O–H groups in total. The van der Waals surface area contributed by atoms with Crippen LogP contribution in [0.5, 0.6) is 0 Å². The van der Waals surface area contributed by atoms with Crippen molar-refractivity contribution in [1.82, 2.24) is 19.5 Å². The first kappa shape index (κ1) is 15.2. The van der Waals surface area contributed by atoms with Crippen molar-refractivity contribution in [2.75, 3.05) is 11.9 Å². The molecule has 2 atom stereocenters. The Kier molecular flexibility index (Phi) is 4.63. The third-order valence-electron chi connectivity index (χ3n) is 3.88. The number of rotatable bonds is 6. The molecule has 23 heavy (non-hydrogen) atoms. The Morgan fingerprint density at radius 2 is 2.04 bits per heavy atom. The molecular weight excluding hydrogens is 290 g/mol. The van der Waals surface area contributed by atoms with E-state index in [1.54, 1.807) is 17.1 Å². The van der Waals surface area contributed by atoms with E-state index in [1.165, 1.54) is 11.9 Å². The van der Waals surface area contributed by atoms with Crippen LogP contribution < -0.4 is 5.32 Å². The van der Waals surface area contributed by atoms with Gasteiger partial charge in [-0.1, -0.05) is 37.3 Å². The smallest absolute Gasteiger partial charge is 0.143 e. The lowest BCUT2D eigenvalue weighted by Crippen LogP contribution is -2.30. The average Bonchev–Trinajstić information content (AvgIpc) is 3.15. The number of aromatic nitrogens is 4. The minimum Gasteiger partial charge on any atom is -0.394 e. The van der Waals surface area contributed by atoms with E-state index in [0.29, 0.717) is 5.82 Å². The average molecular weight is 309 g/mol. The van der Waals surface area contributed by atoms with Crippen LogP contribution in [0, 0.1) is 0 Å². The number of imidazole rings is 1. The van der Waals surface area contributed by atoms with Gasteiger partial charge in [0.1, 0.15) is 24.3 Å². The van der Waals surface area contributed by atoms with Crippen LogP contribution in [0.3, 0.4) is 0 Å². The van der Waals surface area contributed by atoms with Crippen LogP contribution in [0.4, 0.5) is 5.82 Å². The van der Waals surface area contributed by atoms with Crippen LogP contribution in [0.15, 0.2) is 61.4 Å². The first-order valence-corrected chi connectivity index (χ1v) is 7.50. The number of hydrogen-bond donors (Lipinski definition) is 2. The SMILES string of the molecule is C[C@@H](c1ccccc1)[C@@H](CO)Nc1cc(-n2ccnc2)ncn1. The molecule has 0 bridgehead atoms. The second-order valence-corrected chi connectivity index (χ2v) is 5.36. The minimum atomic E-state index is -0.136. The number of aliphatic hydroxyl groups is 1. The highest BCUT2D eigenvalue weighted by Crippen LogP contribution is 2.21. The first-order chi connectivity index (χ1) is 11.3. The molecule has 3 rings (SSSR count). The van der Waals surface area contributed by atoms with Crippen LogP contribution in [-0.2, 0) is 0 Å². The third-order valence-corrected chi connectivity index (χ3v) is 3.88. The van der Waals surface area contributed by atoms with Gasteiger partial charge in [-0.05, 0) is 5.56 Å². The summed E-state index contributed by atoms with van der Waals surface area (Å²) >= 11 is 0. The van der Waals surface area contributed by atoms with Crippen molar-refractivity contribution in [3.8, 4) is 5.82 Å². The van der Waals surface area contributed by atoms with E-state index in [2.05, 4.69) is 39.3 Å². The second kappa shape index (κ2) is 7.02. The van der Waals surface area contributed by atoms with Gasteiger partial charge in [0.15, 0.2) is 0 Å². The number of nitrogens with one attached hydrogen (secondary N) is 1. The number of benzene rings is 1. The summed E-state index contributed by atoms with van der Waals surface area (Å²) in [6.07, 6.45) is 6.70. The quantitative estimate of drug-likeness (QED) is 0.730. The standard InChI is InChI=1S/C17H19N5O/c1-13(14-5-3-2-4-6-14)15(10-23)21-16-9-17(20-11-19-16)22-8-7-18-12-22/h2-9,11-13,15,23H,10H2,1H3,(H,19,20,21)/t13-,15+/m0/s1. The molecule has 3 aromatic rings. The summed E-state index contributed by atoms with van der Waals surface area (Å²) in [5.74, 6) is 1.54. The van der Waals surface area contributed by atoms with Gasteiger partial charge in [-0.15, -0.1) is 0 Å².